The molecule has 2 N–H and O–H groups in total. The van der Waals surface area contributed by atoms with E-state index in [1.807, 2.05) is 0 Å². The van der Waals surface area contributed by atoms with Gasteiger partial charge < -0.3 is 5.73 Å². The van der Waals surface area contributed by atoms with Gasteiger partial charge in [-0.05, 0) is 25.8 Å². The maximum atomic E-state index is 12.3. The number of unbranched alkanes of at least 4 members (excludes halogenated alkanes) is 7. The molecule has 0 aliphatic rings. The van der Waals surface area contributed by atoms with Crippen molar-refractivity contribution in [2.24, 2.45) is 5.73 Å². The van der Waals surface area contributed by atoms with Crippen molar-refractivity contribution in [2.45, 2.75) is 62.9 Å². The highest BCUT2D eigenvalue weighted by Gasteiger charge is 1.98. The van der Waals surface area contributed by atoms with Gasteiger partial charge in [0.25, 0.3) is 0 Å². The van der Waals surface area contributed by atoms with Gasteiger partial charge in [-0.2, -0.15) is 0 Å². The lowest BCUT2D eigenvalue weighted by atomic mass is 10.1. The zero-order chi connectivity index (χ0) is 10.6. The average Bonchev–Trinajstić information content (AvgIpc) is 2.15. The van der Waals surface area contributed by atoms with Crippen LogP contribution in [0.3, 0.4) is 0 Å². The Hall–Kier alpha value is 0.370. The van der Waals surface area contributed by atoms with Crippen LogP contribution in [-0.2, 0) is 0 Å². The fraction of sp³-hybridized carbons (Fsp3) is 1.00. The van der Waals surface area contributed by atoms with Crippen molar-refractivity contribution in [3.05, 3.63) is 0 Å². The largest absolute Gasteiger partial charge is 0.330 e. The summed E-state index contributed by atoms with van der Waals surface area (Å²) in [6.45, 7) is 0.823. The maximum absolute atomic E-state index is 12.3. The first-order valence-corrected chi connectivity index (χ1v) is 6.67. The van der Waals surface area contributed by atoms with Crippen LogP contribution in [0.2, 0.25) is 0 Å². The van der Waals surface area contributed by atoms with Crippen LogP contribution in [0.5, 0.6) is 0 Å². The summed E-state index contributed by atoms with van der Waals surface area (Å²) in [6, 6.07) is 0. The Balaban J connectivity index is 2.85. The number of halogens is 2. The first-order valence-electron chi connectivity index (χ1n) is 5.75. The van der Waals surface area contributed by atoms with E-state index in [1.165, 1.54) is 38.5 Å². The minimum Gasteiger partial charge on any atom is -0.330 e. The summed E-state index contributed by atoms with van der Waals surface area (Å²) >= 11 is 2.91. The monoisotopic (exact) mass is 267 g/mol. The molecule has 0 radical (unpaired) electrons. The molecule has 0 saturated carbocycles. The third kappa shape index (κ3) is 12.4. The van der Waals surface area contributed by atoms with Gasteiger partial charge in [-0.1, -0.05) is 54.5 Å². The molecule has 0 rings (SSSR count). The normalized spacial score (nSPS) is 13.1. The van der Waals surface area contributed by atoms with Gasteiger partial charge in [0.05, 0.1) is 0 Å². The highest BCUT2D eigenvalue weighted by molar-refractivity contribution is 9.09. The predicted octanol–water partition coefficient (Wildman–Crippen LogP) is 4.15. The van der Waals surface area contributed by atoms with Gasteiger partial charge >= 0.3 is 0 Å². The minimum absolute atomic E-state index is 0.660. The van der Waals surface area contributed by atoms with Crippen LogP contribution in [0, 0.1) is 0 Å². The van der Waals surface area contributed by atoms with Gasteiger partial charge in [0.15, 0.2) is 5.08 Å². The number of hydrogen-bond acceptors (Lipinski definition) is 1. The summed E-state index contributed by atoms with van der Waals surface area (Å²) in [5.74, 6) is 0. The summed E-state index contributed by atoms with van der Waals surface area (Å²) < 4.78 is 12.3. The van der Waals surface area contributed by atoms with Gasteiger partial charge in [0.2, 0.25) is 0 Å². The molecular weight excluding hydrogens is 245 g/mol. The first kappa shape index (κ1) is 14.4. The van der Waals surface area contributed by atoms with Crippen molar-refractivity contribution >= 4 is 15.9 Å². The van der Waals surface area contributed by atoms with Crippen LogP contribution in [0.1, 0.15) is 57.8 Å². The molecule has 86 valence electrons. The molecular formula is C11H23BrFN. The van der Waals surface area contributed by atoms with Crippen LogP contribution < -0.4 is 5.73 Å². The van der Waals surface area contributed by atoms with E-state index >= 15 is 0 Å². The van der Waals surface area contributed by atoms with E-state index in [2.05, 4.69) is 15.9 Å². The van der Waals surface area contributed by atoms with E-state index in [1.54, 1.807) is 0 Å². The Labute approximate surface area is 95.8 Å². The summed E-state index contributed by atoms with van der Waals surface area (Å²) in [7, 11) is 0. The molecule has 0 aromatic carbocycles. The van der Waals surface area contributed by atoms with Gasteiger partial charge in [-0.3, -0.25) is 0 Å². The van der Waals surface area contributed by atoms with E-state index < -0.39 is 5.08 Å². The Morgan fingerprint density at radius 1 is 0.857 bits per heavy atom. The maximum Gasteiger partial charge on any atom is 0.154 e. The van der Waals surface area contributed by atoms with Crippen LogP contribution in [-0.4, -0.2) is 11.6 Å². The Morgan fingerprint density at radius 3 is 1.71 bits per heavy atom. The van der Waals surface area contributed by atoms with E-state index in [0.29, 0.717) is 6.42 Å². The molecule has 0 fully saturated rings. The van der Waals surface area contributed by atoms with E-state index in [9.17, 15) is 4.39 Å². The lowest BCUT2D eigenvalue weighted by Gasteiger charge is -2.02. The summed E-state index contributed by atoms with van der Waals surface area (Å²) in [6.07, 6.45) is 10.4. The molecule has 3 heteroatoms. The van der Waals surface area contributed by atoms with Gasteiger partial charge in [0.1, 0.15) is 0 Å². The van der Waals surface area contributed by atoms with Gasteiger partial charge in [0, 0.05) is 0 Å². The molecule has 0 aromatic heterocycles. The van der Waals surface area contributed by atoms with Gasteiger partial charge in [-0.25, -0.2) is 4.39 Å². The molecule has 0 saturated heterocycles. The molecule has 0 bridgehead atoms. The van der Waals surface area contributed by atoms with Crippen molar-refractivity contribution < 1.29 is 4.39 Å². The third-order valence-corrected chi connectivity index (χ3v) is 2.83. The smallest absolute Gasteiger partial charge is 0.154 e. The van der Waals surface area contributed by atoms with Crippen LogP contribution in [0.15, 0.2) is 0 Å². The molecule has 0 heterocycles. The molecule has 14 heavy (non-hydrogen) atoms. The highest BCUT2D eigenvalue weighted by Crippen LogP contribution is 2.14. The molecule has 1 nitrogen and oxygen atoms in total. The van der Waals surface area contributed by atoms with E-state index in [-0.39, 0.29) is 0 Å². The lowest BCUT2D eigenvalue weighted by molar-refractivity contribution is 0.419. The summed E-state index contributed by atoms with van der Waals surface area (Å²) in [4.78, 5) is 0. The topological polar surface area (TPSA) is 26.0 Å². The molecule has 0 amide bonds. The SMILES string of the molecule is NCCCCCCCCCCC(F)Br. The number of hydrogen-bond donors (Lipinski definition) is 1. The molecule has 0 aromatic rings. The number of alkyl halides is 2. The number of rotatable bonds is 10. The van der Waals surface area contributed by atoms with Crippen LogP contribution in [0.25, 0.3) is 0 Å². The van der Waals surface area contributed by atoms with Crippen LogP contribution in [0.4, 0.5) is 4.39 Å². The molecule has 0 aliphatic heterocycles. The fourth-order valence-corrected chi connectivity index (χ4v) is 1.83. The lowest BCUT2D eigenvalue weighted by Crippen LogP contribution is -1.97. The second-order valence-electron chi connectivity index (χ2n) is 3.80. The quantitative estimate of drug-likeness (QED) is 0.467. The van der Waals surface area contributed by atoms with Crippen LogP contribution >= 0.6 is 15.9 Å². The first-order chi connectivity index (χ1) is 6.77. The minimum atomic E-state index is -0.799. The van der Waals surface area contributed by atoms with Crippen molar-refractivity contribution in [1.82, 2.24) is 0 Å². The number of nitrogens with two attached hydrogens (primary N) is 1. The Morgan fingerprint density at radius 2 is 1.29 bits per heavy atom. The second kappa shape index (κ2) is 11.4. The zero-order valence-electron chi connectivity index (χ0n) is 8.98. The Bertz CT molecular complexity index is 109. The zero-order valence-corrected chi connectivity index (χ0v) is 10.6. The fourth-order valence-electron chi connectivity index (χ4n) is 1.50. The standard InChI is InChI=1S/C11H23BrFN/c12-11(13)9-7-5-3-1-2-4-6-8-10-14/h11H,1-10,14H2. The van der Waals surface area contributed by atoms with Gasteiger partial charge in [-0.15, -0.1) is 0 Å². The highest BCUT2D eigenvalue weighted by atomic mass is 79.9. The van der Waals surface area contributed by atoms with Crippen molar-refractivity contribution in [1.29, 1.82) is 0 Å². The van der Waals surface area contributed by atoms with E-state index in [4.69, 9.17) is 5.73 Å². The van der Waals surface area contributed by atoms with Crippen molar-refractivity contribution in [3.8, 4) is 0 Å². The predicted molar refractivity (Wildman–Crippen MR) is 64.4 cm³/mol. The average molecular weight is 268 g/mol. The molecule has 1 atom stereocenters. The van der Waals surface area contributed by atoms with E-state index in [0.717, 1.165) is 19.4 Å². The third-order valence-electron chi connectivity index (χ3n) is 2.38. The van der Waals surface area contributed by atoms with Crippen molar-refractivity contribution in [3.63, 3.8) is 0 Å². The molecule has 1 unspecified atom stereocenters. The molecule has 0 spiro atoms. The van der Waals surface area contributed by atoms with Crippen molar-refractivity contribution in [2.75, 3.05) is 6.54 Å². The summed E-state index contributed by atoms with van der Waals surface area (Å²) in [5.41, 5.74) is 5.40. The Kier molecular flexibility index (Phi) is 11.7. The second-order valence-corrected chi connectivity index (χ2v) is 4.79. The summed E-state index contributed by atoms with van der Waals surface area (Å²) in [5, 5.41) is -0.799. The molecule has 0 aliphatic carbocycles.